The number of aliphatic hydroxyl groups excluding tert-OH is 2. The second-order valence-corrected chi connectivity index (χ2v) is 12.1. The average molecular weight is 478 g/mol. The Hall–Kier alpha value is -1.04. The quantitative estimate of drug-likeness (QED) is 0.511. The maximum atomic E-state index is 13.0. The van der Waals surface area contributed by atoms with Crippen LogP contribution in [0.1, 0.15) is 72.1 Å². The molecule has 3 saturated carbocycles. The number of aliphatic hydroxyl groups is 2. The molecule has 1 saturated heterocycles. The number of hydrogen-bond donors (Lipinski definition) is 2. The number of rotatable bonds is 5. The van der Waals surface area contributed by atoms with Crippen LogP contribution in [0.25, 0.3) is 0 Å². The number of hydrogen-bond acceptors (Lipinski definition) is 3. The summed E-state index contributed by atoms with van der Waals surface area (Å²) in [5.74, 6) is 1.23. The van der Waals surface area contributed by atoms with Gasteiger partial charge in [0.2, 0.25) is 6.43 Å². The number of fused-ring (bicyclic) bond motifs is 1. The average Bonchev–Trinajstić information content (AvgIpc) is 3.17. The topological polar surface area (TPSA) is 43.7 Å². The molecule has 0 bridgehead atoms. The molecular weight excluding hydrogens is 432 g/mol. The Morgan fingerprint density at radius 2 is 1.85 bits per heavy atom. The normalized spacial score (nSPS) is 41.4. The number of alkyl halides is 2. The maximum Gasteiger partial charge on any atom is 0.241 e. The minimum atomic E-state index is -2.17. The molecule has 34 heavy (non-hydrogen) atoms. The minimum absolute atomic E-state index is 0.173. The van der Waals surface area contributed by atoms with Crippen LogP contribution >= 0.6 is 0 Å². The van der Waals surface area contributed by atoms with Crippen molar-refractivity contribution in [3.8, 4) is 0 Å². The van der Waals surface area contributed by atoms with Gasteiger partial charge in [0, 0.05) is 18.4 Å². The highest BCUT2D eigenvalue weighted by Crippen LogP contribution is 2.59. The number of nitrogens with zero attached hydrogens (tertiary/aromatic N) is 1. The van der Waals surface area contributed by atoms with Crippen LogP contribution in [0.5, 0.6) is 0 Å². The summed E-state index contributed by atoms with van der Waals surface area (Å²) in [6.07, 6.45) is 8.89. The van der Waals surface area contributed by atoms with E-state index in [1.54, 1.807) is 0 Å². The van der Waals surface area contributed by atoms with Gasteiger partial charge in [0.15, 0.2) is 0 Å². The van der Waals surface area contributed by atoms with E-state index in [0.717, 1.165) is 37.2 Å². The molecule has 3 aliphatic carbocycles. The van der Waals surface area contributed by atoms with Gasteiger partial charge < -0.3 is 15.1 Å². The highest BCUT2D eigenvalue weighted by atomic mass is 19.3. The predicted molar refractivity (Wildman–Crippen MR) is 134 cm³/mol. The summed E-state index contributed by atoms with van der Waals surface area (Å²) in [4.78, 5) is 2.43. The molecule has 0 radical (unpaired) electrons. The fraction of sp³-hybridized carbons (Fsp3) is 0.793. The van der Waals surface area contributed by atoms with Gasteiger partial charge in [-0.15, -0.1) is 0 Å². The summed E-state index contributed by atoms with van der Waals surface area (Å²) in [6.45, 7) is 13.5. The van der Waals surface area contributed by atoms with E-state index in [1.165, 1.54) is 31.3 Å². The van der Waals surface area contributed by atoms with E-state index in [2.05, 4.69) is 37.5 Å². The summed E-state index contributed by atoms with van der Waals surface area (Å²) < 4.78 is 26.1. The first kappa shape index (κ1) is 26.0. The van der Waals surface area contributed by atoms with E-state index in [-0.39, 0.29) is 5.92 Å². The molecule has 0 aromatic heterocycles. The van der Waals surface area contributed by atoms with Gasteiger partial charge in [0.05, 0.1) is 12.2 Å². The molecule has 0 amide bonds. The summed E-state index contributed by atoms with van der Waals surface area (Å²) in [6, 6.07) is 0. The number of halogens is 2. The highest BCUT2D eigenvalue weighted by Gasteiger charge is 2.50. The van der Waals surface area contributed by atoms with Crippen LogP contribution in [0.2, 0.25) is 0 Å². The summed E-state index contributed by atoms with van der Waals surface area (Å²) in [5, 5.41) is 20.8. The third kappa shape index (κ3) is 5.08. The smallest absolute Gasteiger partial charge is 0.241 e. The summed E-state index contributed by atoms with van der Waals surface area (Å²) in [5.41, 5.74) is 3.54. The molecule has 0 spiro atoms. The van der Waals surface area contributed by atoms with Crippen molar-refractivity contribution in [2.24, 2.45) is 35.0 Å². The zero-order chi connectivity index (χ0) is 24.6. The van der Waals surface area contributed by atoms with Crippen LogP contribution in [0.4, 0.5) is 8.78 Å². The van der Waals surface area contributed by atoms with Crippen LogP contribution in [0.15, 0.2) is 35.5 Å². The third-order valence-corrected chi connectivity index (χ3v) is 10.1. The lowest BCUT2D eigenvalue weighted by molar-refractivity contribution is 0.0227. The standard InChI is InChI=1S/C29H45F2NO2/c1-18(17-32-14-11-22(12-15-32)28(30)31)24-9-10-25-21(6-5-13-29(24,25)4)7-8-23-16-26(33)20(3)27(34)19(23)2/h7-8,18,20,22,24-28,33-34H,2,5-6,9-17H2,1,3-4H3/t18?,20-,24+,25-,26+,27+,29+/m0/s1. The Labute approximate surface area is 205 Å². The molecular formula is C29H45F2NO2. The molecule has 4 fully saturated rings. The van der Waals surface area contributed by atoms with E-state index in [0.29, 0.717) is 42.4 Å². The minimum Gasteiger partial charge on any atom is -0.392 e. The molecule has 3 nitrogen and oxygen atoms in total. The Balaban J connectivity index is 1.42. The van der Waals surface area contributed by atoms with Gasteiger partial charge >= 0.3 is 0 Å². The largest absolute Gasteiger partial charge is 0.392 e. The van der Waals surface area contributed by atoms with Crippen LogP contribution in [-0.2, 0) is 0 Å². The lowest BCUT2D eigenvalue weighted by atomic mass is 9.61. The van der Waals surface area contributed by atoms with Crippen LogP contribution in [0, 0.1) is 35.0 Å². The Morgan fingerprint density at radius 1 is 1.15 bits per heavy atom. The maximum absolute atomic E-state index is 13.0. The Bertz CT molecular complexity index is 800. The molecule has 1 heterocycles. The first-order chi connectivity index (χ1) is 16.1. The van der Waals surface area contributed by atoms with E-state index in [9.17, 15) is 19.0 Å². The molecule has 7 atom stereocenters. The highest BCUT2D eigenvalue weighted by molar-refractivity contribution is 5.39. The van der Waals surface area contributed by atoms with Crippen LogP contribution in [-0.4, -0.2) is 53.4 Å². The van der Waals surface area contributed by atoms with E-state index < -0.39 is 24.6 Å². The lowest BCUT2D eigenvalue weighted by Gasteiger charge is -2.45. The second-order valence-electron chi connectivity index (χ2n) is 12.1. The predicted octanol–water partition coefficient (Wildman–Crippen LogP) is 5.99. The van der Waals surface area contributed by atoms with Crippen molar-refractivity contribution in [3.05, 3.63) is 35.5 Å². The van der Waals surface area contributed by atoms with Crippen LogP contribution < -0.4 is 0 Å². The van der Waals surface area contributed by atoms with Gasteiger partial charge in [-0.1, -0.05) is 45.1 Å². The molecule has 0 aromatic carbocycles. The molecule has 1 aliphatic heterocycles. The van der Waals surface area contributed by atoms with Crippen molar-refractivity contribution in [1.29, 1.82) is 0 Å². The van der Waals surface area contributed by atoms with Crippen molar-refractivity contribution in [2.75, 3.05) is 19.6 Å². The van der Waals surface area contributed by atoms with Crippen molar-refractivity contribution in [1.82, 2.24) is 4.90 Å². The molecule has 4 aliphatic rings. The molecule has 2 N–H and O–H groups in total. The first-order valence-electron chi connectivity index (χ1n) is 13.6. The van der Waals surface area contributed by atoms with Crippen LogP contribution in [0.3, 0.4) is 0 Å². The van der Waals surface area contributed by atoms with E-state index >= 15 is 0 Å². The molecule has 0 aromatic rings. The second kappa shape index (κ2) is 10.5. The Morgan fingerprint density at radius 3 is 2.53 bits per heavy atom. The molecule has 192 valence electrons. The Kier molecular flexibility index (Phi) is 8.06. The van der Waals surface area contributed by atoms with Gasteiger partial charge in [-0.3, -0.25) is 0 Å². The third-order valence-electron chi connectivity index (χ3n) is 10.1. The van der Waals surface area contributed by atoms with Crippen molar-refractivity contribution in [3.63, 3.8) is 0 Å². The fourth-order valence-corrected chi connectivity index (χ4v) is 7.78. The SMILES string of the molecule is C=C1C(=CC=C2CCC[C@]3(C)[C@@H](C(C)CN4CCC(C(F)F)CC4)CC[C@@H]23)C[C@@H](O)[C@H](C)[C@@H]1O. The first-order valence-corrected chi connectivity index (χ1v) is 13.6. The van der Waals surface area contributed by atoms with Gasteiger partial charge in [-0.05, 0) is 98.8 Å². The fourth-order valence-electron chi connectivity index (χ4n) is 7.78. The van der Waals surface area contributed by atoms with Gasteiger partial charge in [-0.2, -0.15) is 0 Å². The van der Waals surface area contributed by atoms with Crippen molar-refractivity contribution < 1.29 is 19.0 Å². The zero-order valence-electron chi connectivity index (χ0n) is 21.4. The van der Waals surface area contributed by atoms with E-state index in [1.807, 2.05) is 6.92 Å². The van der Waals surface area contributed by atoms with Crippen molar-refractivity contribution >= 4 is 0 Å². The lowest BCUT2D eigenvalue weighted by Crippen LogP contribution is -2.42. The summed E-state index contributed by atoms with van der Waals surface area (Å²) >= 11 is 0. The number of allylic oxidation sites excluding steroid dienone is 3. The summed E-state index contributed by atoms with van der Waals surface area (Å²) in [7, 11) is 0. The molecule has 4 rings (SSSR count). The van der Waals surface area contributed by atoms with Gasteiger partial charge in [0.25, 0.3) is 0 Å². The monoisotopic (exact) mass is 477 g/mol. The number of likely N-dealkylation sites (tertiary alicyclic amines) is 1. The molecule has 1 unspecified atom stereocenters. The van der Waals surface area contributed by atoms with Crippen molar-refractivity contribution in [2.45, 2.75) is 90.8 Å². The van der Waals surface area contributed by atoms with E-state index in [4.69, 9.17) is 0 Å². The van der Waals surface area contributed by atoms with Gasteiger partial charge in [-0.25, -0.2) is 8.78 Å². The zero-order valence-corrected chi connectivity index (χ0v) is 21.4. The molecule has 5 heteroatoms. The van der Waals surface area contributed by atoms with Gasteiger partial charge in [0.1, 0.15) is 0 Å². The number of piperidine rings is 1.